The molecule has 7 nitrogen and oxygen atoms in total. The number of rotatable bonds is 5. The van der Waals surface area contributed by atoms with Crippen LogP contribution in [0.2, 0.25) is 0 Å². The molecule has 26 heavy (non-hydrogen) atoms. The number of carbonyl (C=O) groups excluding carboxylic acids is 2. The zero-order chi connectivity index (χ0) is 18.7. The first-order valence-corrected chi connectivity index (χ1v) is 9.02. The van der Waals surface area contributed by atoms with E-state index in [1.165, 1.54) is 4.68 Å². The summed E-state index contributed by atoms with van der Waals surface area (Å²) in [5.74, 6) is -0.881. The van der Waals surface area contributed by atoms with Gasteiger partial charge in [0.1, 0.15) is 0 Å². The first-order chi connectivity index (χ1) is 12.5. The van der Waals surface area contributed by atoms with Gasteiger partial charge in [-0.1, -0.05) is 25.1 Å². The summed E-state index contributed by atoms with van der Waals surface area (Å²) in [4.78, 5) is 39.3. The highest BCUT2D eigenvalue weighted by Crippen LogP contribution is 2.16. The third kappa shape index (κ3) is 3.47. The van der Waals surface area contributed by atoms with Crippen molar-refractivity contribution in [2.45, 2.75) is 45.8 Å². The summed E-state index contributed by atoms with van der Waals surface area (Å²) in [5, 5.41) is 5.06. The van der Waals surface area contributed by atoms with Crippen molar-refractivity contribution in [3.05, 3.63) is 40.3 Å². The molecule has 1 fully saturated rings. The maximum Gasteiger partial charge on any atom is 0.360 e. The van der Waals surface area contributed by atoms with Crippen LogP contribution in [0.15, 0.2) is 29.1 Å². The summed E-state index contributed by atoms with van der Waals surface area (Å²) >= 11 is 0. The lowest BCUT2D eigenvalue weighted by Gasteiger charge is -2.20. The van der Waals surface area contributed by atoms with Crippen LogP contribution in [0, 0.1) is 0 Å². The van der Waals surface area contributed by atoms with Gasteiger partial charge >= 0.3 is 5.97 Å². The van der Waals surface area contributed by atoms with Gasteiger partial charge < -0.3 is 9.64 Å². The summed E-state index contributed by atoms with van der Waals surface area (Å²) in [6.07, 6.45) is 1.78. The number of aryl methyl sites for hydroxylation is 1. The fourth-order valence-corrected chi connectivity index (χ4v) is 3.21. The number of likely N-dealkylation sites (tertiary alicyclic amines) is 1. The van der Waals surface area contributed by atoms with Crippen LogP contribution in [-0.4, -0.2) is 45.8 Å². The maximum atomic E-state index is 12.7. The Hall–Kier alpha value is -2.70. The summed E-state index contributed by atoms with van der Waals surface area (Å²) in [6.45, 7) is 5.31. The van der Waals surface area contributed by atoms with Gasteiger partial charge in [0.05, 0.1) is 5.39 Å². The Bertz CT molecular complexity index is 884. The fraction of sp³-hybridized carbons (Fsp3) is 0.474. The Morgan fingerprint density at radius 1 is 1.19 bits per heavy atom. The lowest BCUT2D eigenvalue weighted by atomic mass is 10.1. The van der Waals surface area contributed by atoms with Gasteiger partial charge in [0.25, 0.3) is 11.5 Å². The lowest BCUT2D eigenvalue weighted by molar-refractivity contribution is -0.138. The highest BCUT2D eigenvalue weighted by molar-refractivity contribution is 6.02. The zero-order valence-corrected chi connectivity index (χ0v) is 15.1. The normalized spacial score (nSPS) is 15.2. The number of nitrogens with zero attached hydrogens (tertiary/aromatic N) is 3. The number of amides is 1. The molecule has 1 amide bonds. The second-order valence-electron chi connectivity index (χ2n) is 6.50. The second-order valence-corrected chi connectivity index (χ2v) is 6.50. The Balaban J connectivity index is 1.91. The molecule has 1 aromatic heterocycles. The van der Waals surface area contributed by atoms with E-state index in [1.807, 2.05) is 6.92 Å². The van der Waals surface area contributed by atoms with Gasteiger partial charge in [-0.25, -0.2) is 9.48 Å². The average molecular weight is 357 g/mol. The minimum atomic E-state index is -0.882. The minimum Gasteiger partial charge on any atom is -0.448 e. The molecule has 1 atom stereocenters. The van der Waals surface area contributed by atoms with Crippen LogP contribution in [0.25, 0.3) is 10.8 Å². The number of hydrogen-bond acceptors (Lipinski definition) is 5. The predicted octanol–water partition coefficient (Wildman–Crippen LogP) is 1.97. The summed E-state index contributed by atoms with van der Waals surface area (Å²) < 4.78 is 6.67. The van der Waals surface area contributed by atoms with Crippen molar-refractivity contribution in [2.24, 2.45) is 0 Å². The minimum absolute atomic E-state index is 0.0646. The maximum absolute atomic E-state index is 12.7. The molecular formula is C19H23N3O4. The summed E-state index contributed by atoms with van der Waals surface area (Å²) in [6, 6.07) is 6.82. The number of ether oxygens (including phenoxy) is 1. The molecule has 1 saturated heterocycles. The molecule has 0 bridgehead atoms. The van der Waals surface area contributed by atoms with Crippen LogP contribution in [0.5, 0.6) is 0 Å². The van der Waals surface area contributed by atoms with Gasteiger partial charge in [-0.05, 0) is 32.3 Å². The number of hydrogen-bond donors (Lipinski definition) is 0. The van der Waals surface area contributed by atoms with Crippen molar-refractivity contribution in [1.29, 1.82) is 0 Å². The summed E-state index contributed by atoms with van der Waals surface area (Å²) in [5.41, 5.74) is -0.171. The first-order valence-electron chi connectivity index (χ1n) is 9.02. The number of aromatic nitrogens is 2. The van der Waals surface area contributed by atoms with E-state index in [0.717, 1.165) is 12.8 Å². The van der Waals surface area contributed by atoms with Gasteiger partial charge in [-0.3, -0.25) is 9.59 Å². The van der Waals surface area contributed by atoms with Crippen LogP contribution < -0.4 is 5.56 Å². The van der Waals surface area contributed by atoms with E-state index in [2.05, 4.69) is 5.10 Å². The molecule has 0 saturated carbocycles. The van der Waals surface area contributed by atoms with E-state index in [4.69, 9.17) is 4.74 Å². The molecule has 1 aliphatic rings. The quantitative estimate of drug-likeness (QED) is 0.764. The van der Waals surface area contributed by atoms with Crippen LogP contribution in [0.3, 0.4) is 0 Å². The molecule has 0 spiro atoms. The largest absolute Gasteiger partial charge is 0.448 e. The SMILES string of the molecule is CCCn1nc(C(=O)OC(C)C(=O)N2CCCC2)c2ccccc2c1=O. The molecule has 0 aliphatic carbocycles. The van der Waals surface area contributed by atoms with E-state index in [1.54, 1.807) is 36.1 Å². The standard InChI is InChI=1S/C19H23N3O4/c1-3-10-22-18(24)15-9-5-4-8-14(15)16(20-22)19(25)26-13(2)17(23)21-11-6-7-12-21/h4-5,8-9,13H,3,6-7,10-12H2,1-2H3. The predicted molar refractivity (Wildman–Crippen MR) is 97.0 cm³/mol. The van der Waals surface area contributed by atoms with E-state index in [9.17, 15) is 14.4 Å². The van der Waals surface area contributed by atoms with Gasteiger partial charge in [0.2, 0.25) is 0 Å². The van der Waals surface area contributed by atoms with Crippen molar-refractivity contribution in [2.75, 3.05) is 13.1 Å². The Morgan fingerprint density at radius 3 is 2.50 bits per heavy atom. The smallest absolute Gasteiger partial charge is 0.360 e. The van der Waals surface area contributed by atoms with Crippen molar-refractivity contribution < 1.29 is 14.3 Å². The summed E-state index contributed by atoms with van der Waals surface area (Å²) in [7, 11) is 0. The average Bonchev–Trinajstić information content (AvgIpc) is 3.18. The third-order valence-corrected chi connectivity index (χ3v) is 4.55. The third-order valence-electron chi connectivity index (χ3n) is 4.55. The highest BCUT2D eigenvalue weighted by atomic mass is 16.5. The fourth-order valence-electron chi connectivity index (χ4n) is 3.21. The van der Waals surface area contributed by atoms with Gasteiger partial charge in [0, 0.05) is 25.0 Å². The molecule has 0 radical (unpaired) electrons. The second kappa shape index (κ2) is 7.68. The molecule has 2 aromatic rings. The Kier molecular flexibility index (Phi) is 5.35. The first kappa shape index (κ1) is 18.1. The van der Waals surface area contributed by atoms with E-state index >= 15 is 0 Å². The Labute approximate surface area is 151 Å². The molecule has 3 rings (SSSR count). The van der Waals surface area contributed by atoms with Crippen molar-refractivity contribution in [3.63, 3.8) is 0 Å². The zero-order valence-electron chi connectivity index (χ0n) is 15.1. The molecular weight excluding hydrogens is 334 g/mol. The number of esters is 1. The van der Waals surface area contributed by atoms with Crippen LogP contribution >= 0.6 is 0 Å². The molecule has 138 valence electrons. The lowest BCUT2D eigenvalue weighted by Crippen LogP contribution is -2.38. The van der Waals surface area contributed by atoms with E-state index in [0.29, 0.717) is 36.8 Å². The molecule has 1 aromatic carbocycles. The Morgan fingerprint density at radius 2 is 1.85 bits per heavy atom. The molecule has 1 aliphatic heterocycles. The number of carbonyl (C=O) groups is 2. The number of fused-ring (bicyclic) bond motifs is 1. The van der Waals surface area contributed by atoms with Crippen molar-refractivity contribution >= 4 is 22.6 Å². The van der Waals surface area contributed by atoms with Crippen LogP contribution in [-0.2, 0) is 16.1 Å². The van der Waals surface area contributed by atoms with Gasteiger partial charge in [0.15, 0.2) is 11.8 Å². The monoisotopic (exact) mass is 357 g/mol. The number of benzene rings is 1. The van der Waals surface area contributed by atoms with Gasteiger partial charge in [-0.2, -0.15) is 5.10 Å². The van der Waals surface area contributed by atoms with Crippen LogP contribution in [0.1, 0.15) is 43.6 Å². The van der Waals surface area contributed by atoms with E-state index in [-0.39, 0.29) is 17.2 Å². The topological polar surface area (TPSA) is 81.5 Å². The van der Waals surface area contributed by atoms with Gasteiger partial charge in [-0.15, -0.1) is 0 Å². The molecule has 7 heteroatoms. The molecule has 0 N–H and O–H groups in total. The van der Waals surface area contributed by atoms with E-state index < -0.39 is 12.1 Å². The molecule has 1 unspecified atom stereocenters. The van der Waals surface area contributed by atoms with Crippen molar-refractivity contribution in [1.82, 2.24) is 14.7 Å². The van der Waals surface area contributed by atoms with Crippen molar-refractivity contribution in [3.8, 4) is 0 Å². The highest BCUT2D eigenvalue weighted by Gasteiger charge is 2.27. The van der Waals surface area contributed by atoms with Crippen LogP contribution in [0.4, 0.5) is 0 Å². The molecule has 2 heterocycles.